The molecule has 172 valence electrons. The van der Waals surface area contributed by atoms with E-state index in [1.54, 1.807) is 13.2 Å². The summed E-state index contributed by atoms with van der Waals surface area (Å²) in [5.74, 6) is 0.860. The van der Waals surface area contributed by atoms with Gasteiger partial charge in [0.25, 0.3) is 0 Å². The second-order valence-corrected chi connectivity index (χ2v) is 8.61. The zero-order valence-corrected chi connectivity index (χ0v) is 19.1. The molecule has 0 heterocycles. The van der Waals surface area contributed by atoms with E-state index in [-0.39, 0.29) is 17.4 Å². The van der Waals surface area contributed by atoms with E-state index in [9.17, 15) is 5.11 Å². The van der Waals surface area contributed by atoms with Crippen LogP contribution in [0.25, 0.3) is 0 Å². The van der Waals surface area contributed by atoms with Crippen molar-refractivity contribution in [3.8, 4) is 17.2 Å². The van der Waals surface area contributed by atoms with E-state index in [1.165, 1.54) is 24.1 Å². The van der Waals surface area contributed by atoms with Crippen LogP contribution in [0.5, 0.6) is 17.2 Å². The van der Waals surface area contributed by atoms with Crippen molar-refractivity contribution in [1.29, 1.82) is 0 Å². The third-order valence-electron chi connectivity index (χ3n) is 5.91. The summed E-state index contributed by atoms with van der Waals surface area (Å²) >= 11 is 0. The van der Waals surface area contributed by atoms with Crippen LogP contribution in [0.3, 0.4) is 0 Å². The number of aromatic hydroxyl groups is 2. The molecule has 3 rings (SSSR count). The van der Waals surface area contributed by atoms with E-state index >= 15 is 0 Å². The Morgan fingerprint density at radius 3 is 2.16 bits per heavy atom. The van der Waals surface area contributed by atoms with Gasteiger partial charge in [0.05, 0.1) is 12.7 Å². The topological polar surface area (TPSA) is 99.2 Å². The smallest absolute Gasteiger partial charge is 0.157 e. The first-order valence-corrected chi connectivity index (χ1v) is 11.0. The number of ether oxygens (including phenoxy) is 1. The molecule has 1 unspecified atom stereocenters. The molecule has 1 fully saturated rings. The fraction of sp³-hybridized carbons (Fsp3) is 0.520. The summed E-state index contributed by atoms with van der Waals surface area (Å²) in [7, 11) is 5.83. The van der Waals surface area contributed by atoms with Crippen LogP contribution in [0.15, 0.2) is 42.5 Å². The van der Waals surface area contributed by atoms with Gasteiger partial charge in [0, 0.05) is 12.5 Å². The van der Waals surface area contributed by atoms with E-state index in [2.05, 4.69) is 31.1 Å². The minimum Gasteiger partial charge on any atom is -0.504 e. The van der Waals surface area contributed by atoms with Gasteiger partial charge in [-0.05, 0) is 75.3 Å². The Balaban J connectivity index is 0.000000262. The molecule has 1 aliphatic rings. The normalized spacial score (nSPS) is 16.3. The minimum absolute atomic E-state index is 0.0871. The molecular weight excluding hydrogens is 392 g/mol. The van der Waals surface area contributed by atoms with Crippen molar-refractivity contribution in [2.24, 2.45) is 5.73 Å². The Labute approximate surface area is 186 Å². The first-order chi connectivity index (χ1) is 14.8. The van der Waals surface area contributed by atoms with Crippen molar-refractivity contribution in [2.75, 3.05) is 34.3 Å². The van der Waals surface area contributed by atoms with Crippen LogP contribution in [0, 0.1) is 0 Å². The molecule has 0 amide bonds. The highest BCUT2D eigenvalue weighted by Crippen LogP contribution is 2.40. The van der Waals surface area contributed by atoms with Gasteiger partial charge >= 0.3 is 0 Å². The fourth-order valence-electron chi connectivity index (χ4n) is 4.19. The summed E-state index contributed by atoms with van der Waals surface area (Å²) in [4.78, 5) is 2.17. The number of benzene rings is 2. The largest absolute Gasteiger partial charge is 0.504 e. The molecule has 1 saturated carbocycles. The van der Waals surface area contributed by atoms with Gasteiger partial charge in [-0.3, -0.25) is 0 Å². The summed E-state index contributed by atoms with van der Waals surface area (Å²) in [6.45, 7) is 1.42. The molecule has 6 heteroatoms. The van der Waals surface area contributed by atoms with Crippen LogP contribution in [0.4, 0.5) is 0 Å². The number of nitrogens with zero attached hydrogens (tertiary/aromatic N) is 1. The van der Waals surface area contributed by atoms with E-state index in [4.69, 9.17) is 20.7 Å². The molecule has 0 saturated heterocycles. The van der Waals surface area contributed by atoms with Crippen LogP contribution < -0.4 is 10.5 Å². The number of methoxy groups -OCH3 is 1. The molecule has 2 aromatic rings. The number of hydrogen-bond donors (Lipinski definition) is 4. The lowest BCUT2D eigenvalue weighted by molar-refractivity contribution is -0.0277. The summed E-state index contributed by atoms with van der Waals surface area (Å²) in [6, 6.07) is 12.9. The number of nitrogens with two attached hydrogens (primary N) is 1. The highest BCUT2D eigenvalue weighted by Gasteiger charge is 2.38. The van der Waals surface area contributed by atoms with Gasteiger partial charge in [-0.15, -0.1) is 0 Å². The van der Waals surface area contributed by atoms with Crippen LogP contribution >= 0.6 is 0 Å². The number of aliphatic hydroxyl groups is 1. The summed E-state index contributed by atoms with van der Waals surface area (Å²) in [5.41, 5.74) is 6.89. The number of rotatable bonds is 7. The number of likely N-dealkylation sites (N-methyl/N-ethyl adjacent to an activating group) is 1. The molecule has 0 bridgehead atoms. The van der Waals surface area contributed by atoms with Gasteiger partial charge < -0.3 is 30.7 Å². The number of hydrogen-bond acceptors (Lipinski definition) is 6. The van der Waals surface area contributed by atoms with Crippen LogP contribution in [0.2, 0.25) is 0 Å². The van der Waals surface area contributed by atoms with E-state index in [1.807, 2.05) is 12.1 Å². The van der Waals surface area contributed by atoms with Gasteiger partial charge in [0.2, 0.25) is 0 Å². The maximum absolute atomic E-state index is 11.1. The van der Waals surface area contributed by atoms with E-state index in [0.717, 1.165) is 43.5 Å². The average molecular weight is 431 g/mol. The molecule has 5 N–H and O–H groups in total. The maximum Gasteiger partial charge on any atom is 0.157 e. The van der Waals surface area contributed by atoms with E-state index in [0.29, 0.717) is 13.0 Å². The fourth-order valence-corrected chi connectivity index (χ4v) is 4.19. The van der Waals surface area contributed by atoms with Crippen molar-refractivity contribution in [3.05, 3.63) is 53.6 Å². The van der Waals surface area contributed by atoms with Gasteiger partial charge in [0.1, 0.15) is 5.75 Å². The number of phenolic OH excluding ortho intramolecular Hbond substituents is 2. The predicted molar refractivity (Wildman–Crippen MR) is 125 cm³/mol. The first kappa shape index (κ1) is 25.0. The zero-order valence-electron chi connectivity index (χ0n) is 19.1. The first-order valence-electron chi connectivity index (χ1n) is 11.0. The maximum atomic E-state index is 11.1. The molecule has 31 heavy (non-hydrogen) atoms. The summed E-state index contributed by atoms with van der Waals surface area (Å²) < 4.78 is 5.23. The predicted octanol–water partition coefficient (Wildman–Crippen LogP) is 3.63. The van der Waals surface area contributed by atoms with Crippen LogP contribution in [-0.2, 0) is 6.42 Å². The molecule has 1 aliphatic carbocycles. The SMILES string of the molecule is COc1ccc(C(CN(C)C)C2(O)CCCCC2)cc1.NCCc1ccc(O)c(O)c1. The molecule has 0 radical (unpaired) electrons. The molecule has 0 aromatic heterocycles. The lowest BCUT2D eigenvalue weighted by atomic mass is 9.72. The average Bonchev–Trinajstić information content (AvgIpc) is 2.76. The van der Waals surface area contributed by atoms with Crippen LogP contribution in [-0.4, -0.2) is 60.1 Å². The highest BCUT2D eigenvalue weighted by molar-refractivity contribution is 5.40. The van der Waals surface area contributed by atoms with E-state index < -0.39 is 5.60 Å². The van der Waals surface area contributed by atoms with Gasteiger partial charge in [0.15, 0.2) is 11.5 Å². The minimum atomic E-state index is -0.558. The van der Waals surface area contributed by atoms with Crippen molar-refractivity contribution in [3.63, 3.8) is 0 Å². The Kier molecular flexibility index (Phi) is 9.62. The van der Waals surface area contributed by atoms with Gasteiger partial charge in [-0.1, -0.05) is 37.5 Å². The molecule has 0 spiro atoms. The zero-order chi connectivity index (χ0) is 22.9. The molecule has 1 atom stereocenters. The van der Waals surface area contributed by atoms with Crippen molar-refractivity contribution >= 4 is 0 Å². The lowest BCUT2D eigenvalue weighted by Gasteiger charge is -2.40. The third-order valence-corrected chi connectivity index (χ3v) is 5.91. The van der Waals surface area contributed by atoms with Crippen molar-refractivity contribution < 1.29 is 20.1 Å². The van der Waals surface area contributed by atoms with Crippen molar-refractivity contribution in [1.82, 2.24) is 4.90 Å². The van der Waals surface area contributed by atoms with Crippen molar-refractivity contribution in [2.45, 2.75) is 50.0 Å². The lowest BCUT2D eigenvalue weighted by Crippen LogP contribution is -2.42. The molecule has 0 aliphatic heterocycles. The second kappa shape index (κ2) is 11.9. The Morgan fingerprint density at radius 2 is 1.65 bits per heavy atom. The standard InChI is InChI=1S/C17H27NO2.C8H11NO2/c1-18(2)13-16(17(19)11-5-4-6-12-17)14-7-9-15(20-3)10-8-14;9-4-3-6-1-2-7(10)8(11)5-6/h7-10,16,19H,4-6,11-13H2,1-3H3;1-2,5,10-11H,3-4,9H2. The number of phenols is 2. The molecule has 6 nitrogen and oxygen atoms in total. The summed E-state index contributed by atoms with van der Waals surface area (Å²) in [5, 5.41) is 29.1. The Bertz CT molecular complexity index is 787. The Morgan fingerprint density at radius 1 is 1.00 bits per heavy atom. The van der Waals surface area contributed by atoms with Gasteiger partial charge in [-0.25, -0.2) is 0 Å². The highest BCUT2D eigenvalue weighted by atomic mass is 16.5. The second-order valence-electron chi connectivity index (χ2n) is 8.61. The molecule has 2 aromatic carbocycles. The van der Waals surface area contributed by atoms with Gasteiger partial charge in [-0.2, -0.15) is 0 Å². The third kappa shape index (κ3) is 7.42. The van der Waals surface area contributed by atoms with Crippen LogP contribution in [0.1, 0.15) is 49.1 Å². The molecular formula is C25H38N2O4. The Hall–Kier alpha value is -2.28. The monoisotopic (exact) mass is 430 g/mol. The summed E-state index contributed by atoms with van der Waals surface area (Å²) in [6.07, 6.45) is 6.07. The quantitative estimate of drug-likeness (QED) is 0.501.